The molecule has 26 heavy (non-hydrogen) atoms. The predicted octanol–water partition coefficient (Wildman–Crippen LogP) is 3.24. The van der Waals surface area contributed by atoms with Crippen LogP contribution in [0.4, 0.5) is 11.4 Å². The van der Waals surface area contributed by atoms with Crippen LogP contribution in [0.5, 0.6) is 0 Å². The van der Waals surface area contributed by atoms with Crippen molar-refractivity contribution in [2.75, 3.05) is 11.9 Å². The average Bonchev–Trinajstić information content (AvgIpc) is 3.21. The number of nitriles is 1. The minimum Gasteiger partial charge on any atom is -0.367 e. The molecular weight excluding hydrogens is 332 g/mol. The molecule has 0 bridgehead atoms. The zero-order valence-electron chi connectivity index (χ0n) is 14.3. The standard InChI is InChI=1S/C18H16N6O2/c1-13(14-3-5-16(6-4-14)23-12-20-11-21-23)22(2)18-8-7-17(24(25)26)9-15(18)10-19/h3-9,11-13H,1-2H3. The van der Waals surface area contributed by atoms with Gasteiger partial charge in [-0.15, -0.1) is 0 Å². The molecule has 0 saturated heterocycles. The Balaban J connectivity index is 1.87. The van der Waals surface area contributed by atoms with Crippen molar-refractivity contribution in [1.29, 1.82) is 5.26 Å². The molecule has 0 fully saturated rings. The maximum absolute atomic E-state index is 10.9. The van der Waals surface area contributed by atoms with Crippen LogP contribution >= 0.6 is 0 Å². The van der Waals surface area contributed by atoms with E-state index in [0.717, 1.165) is 11.3 Å². The second-order valence-corrected chi connectivity index (χ2v) is 5.79. The van der Waals surface area contributed by atoms with Crippen molar-refractivity contribution in [2.24, 2.45) is 0 Å². The smallest absolute Gasteiger partial charge is 0.270 e. The summed E-state index contributed by atoms with van der Waals surface area (Å²) in [6.45, 7) is 2.01. The normalized spacial score (nSPS) is 11.6. The predicted molar refractivity (Wildman–Crippen MR) is 96.0 cm³/mol. The summed E-state index contributed by atoms with van der Waals surface area (Å²) in [5.41, 5.74) is 2.76. The van der Waals surface area contributed by atoms with E-state index < -0.39 is 4.92 Å². The van der Waals surface area contributed by atoms with Crippen LogP contribution in [0.1, 0.15) is 24.1 Å². The largest absolute Gasteiger partial charge is 0.367 e. The van der Waals surface area contributed by atoms with Gasteiger partial charge in [0.15, 0.2) is 0 Å². The zero-order chi connectivity index (χ0) is 18.7. The van der Waals surface area contributed by atoms with Gasteiger partial charge in [0.1, 0.15) is 18.7 Å². The van der Waals surface area contributed by atoms with Gasteiger partial charge in [0.2, 0.25) is 0 Å². The third-order valence-corrected chi connectivity index (χ3v) is 4.33. The molecule has 1 unspecified atom stereocenters. The highest BCUT2D eigenvalue weighted by Crippen LogP contribution is 2.30. The second kappa shape index (κ2) is 7.03. The number of hydrogen-bond donors (Lipinski definition) is 0. The van der Waals surface area contributed by atoms with E-state index in [9.17, 15) is 15.4 Å². The maximum Gasteiger partial charge on any atom is 0.270 e. The lowest BCUT2D eigenvalue weighted by Crippen LogP contribution is -2.22. The first-order valence-electron chi connectivity index (χ1n) is 7.87. The minimum absolute atomic E-state index is 0.0339. The van der Waals surface area contributed by atoms with Crippen LogP contribution in [-0.4, -0.2) is 26.7 Å². The molecule has 0 N–H and O–H groups in total. The second-order valence-electron chi connectivity index (χ2n) is 5.79. The molecule has 0 aliphatic rings. The van der Waals surface area contributed by atoms with E-state index in [1.54, 1.807) is 17.1 Å². The molecule has 2 aromatic carbocycles. The molecule has 1 atom stereocenters. The van der Waals surface area contributed by atoms with E-state index in [-0.39, 0.29) is 17.3 Å². The van der Waals surface area contributed by atoms with Gasteiger partial charge in [0.25, 0.3) is 5.69 Å². The summed E-state index contributed by atoms with van der Waals surface area (Å²) in [4.78, 5) is 16.3. The van der Waals surface area contributed by atoms with Gasteiger partial charge in [0.05, 0.1) is 27.9 Å². The number of aromatic nitrogens is 3. The van der Waals surface area contributed by atoms with E-state index in [0.29, 0.717) is 5.69 Å². The number of nitrogens with zero attached hydrogens (tertiary/aromatic N) is 6. The molecule has 0 amide bonds. The molecule has 0 aliphatic heterocycles. The van der Waals surface area contributed by atoms with E-state index in [1.165, 1.54) is 18.5 Å². The van der Waals surface area contributed by atoms with Crippen molar-refractivity contribution in [3.63, 3.8) is 0 Å². The van der Waals surface area contributed by atoms with E-state index in [4.69, 9.17) is 0 Å². The first kappa shape index (κ1) is 17.1. The number of anilines is 1. The van der Waals surface area contributed by atoms with E-state index in [1.807, 2.05) is 49.2 Å². The average molecular weight is 348 g/mol. The van der Waals surface area contributed by atoms with Crippen LogP contribution in [-0.2, 0) is 0 Å². The number of non-ortho nitro benzene ring substituents is 1. The molecule has 0 saturated carbocycles. The van der Waals surface area contributed by atoms with Crippen LogP contribution in [0.25, 0.3) is 5.69 Å². The van der Waals surface area contributed by atoms with Crippen molar-refractivity contribution in [2.45, 2.75) is 13.0 Å². The molecule has 0 spiro atoms. The third-order valence-electron chi connectivity index (χ3n) is 4.33. The van der Waals surface area contributed by atoms with E-state index in [2.05, 4.69) is 10.1 Å². The fraction of sp³-hybridized carbons (Fsp3) is 0.167. The van der Waals surface area contributed by atoms with Gasteiger partial charge in [-0.2, -0.15) is 10.4 Å². The SMILES string of the molecule is CC(c1ccc(-n2cncn2)cc1)N(C)c1ccc([N+](=O)[O-])cc1C#N. The fourth-order valence-electron chi connectivity index (χ4n) is 2.71. The van der Waals surface area contributed by atoms with Gasteiger partial charge in [-0.3, -0.25) is 10.1 Å². The highest BCUT2D eigenvalue weighted by Gasteiger charge is 2.18. The van der Waals surface area contributed by atoms with Gasteiger partial charge in [-0.1, -0.05) is 12.1 Å². The lowest BCUT2D eigenvalue weighted by molar-refractivity contribution is -0.384. The molecule has 0 radical (unpaired) electrons. The molecule has 8 nitrogen and oxygen atoms in total. The van der Waals surface area contributed by atoms with Gasteiger partial charge < -0.3 is 4.90 Å². The van der Waals surface area contributed by atoms with Gasteiger partial charge in [-0.05, 0) is 30.7 Å². The summed E-state index contributed by atoms with van der Waals surface area (Å²) in [5, 5.41) is 24.4. The number of rotatable bonds is 5. The highest BCUT2D eigenvalue weighted by molar-refractivity contribution is 5.63. The maximum atomic E-state index is 10.9. The summed E-state index contributed by atoms with van der Waals surface area (Å²) in [7, 11) is 1.86. The Hall–Kier alpha value is -3.73. The summed E-state index contributed by atoms with van der Waals surface area (Å²) in [6.07, 6.45) is 3.10. The van der Waals surface area contributed by atoms with Gasteiger partial charge in [0, 0.05) is 19.2 Å². The van der Waals surface area contributed by atoms with Crippen molar-refractivity contribution in [1.82, 2.24) is 14.8 Å². The Morgan fingerprint density at radius 3 is 2.58 bits per heavy atom. The molecule has 130 valence electrons. The summed E-state index contributed by atoms with van der Waals surface area (Å²) in [6, 6.07) is 14.2. The molecule has 3 rings (SSSR count). The van der Waals surface area contributed by atoms with Crippen molar-refractivity contribution >= 4 is 11.4 Å². The van der Waals surface area contributed by atoms with Crippen LogP contribution in [0.15, 0.2) is 55.1 Å². The van der Waals surface area contributed by atoms with Crippen molar-refractivity contribution in [3.05, 3.63) is 76.4 Å². The number of nitro groups is 1. The number of nitro benzene ring substituents is 1. The first-order chi connectivity index (χ1) is 12.5. The monoisotopic (exact) mass is 348 g/mol. The molecule has 8 heteroatoms. The minimum atomic E-state index is -0.503. The van der Waals surface area contributed by atoms with Crippen LogP contribution in [0, 0.1) is 21.4 Å². The Kier molecular flexibility index (Phi) is 4.62. The van der Waals surface area contributed by atoms with Crippen LogP contribution in [0.3, 0.4) is 0 Å². The summed E-state index contributed by atoms with van der Waals surface area (Å²) < 4.78 is 1.67. The Morgan fingerprint density at radius 1 is 1.27 bits per heavy atom. The van der Waals surface area contributed by atoms with E-state index >= 15 is 0 Å². The van der Waals surface area contributed by atoms with Crippen LogP contribution in [0.2, 0.25) is 0 Å². The summed E-state index contributed by atoms with van der Waals surface area (Å²) >= 11 is 0. The van der Waals surface area contributed by atoms with Gasteiger partial charge in [-0.25, -0.2) is 9.67 Å². The van der Waals surface area contributed by atoms with Crippen molar-refractivity contribution < 1.29 is 4.92 Å². The molecule has 0 aliphatic carbocycles. The molecule has 1 aromatic heterocycles. The molecule has 3 aromatic rings. The Labute approximate surface area is 150 Å². The quantitative estimate of drug-likeness (QED) is 0.518. The lowest BCUT2D eigenvalue weighted by atomic mass is 10.0. The summed E-state index contributed by atoms with van der Waals surface area (Å²) in [5.74, 6) is 0. The Bertz CT molecular complexity index is 960. The van der Waals surface area contributed by atoms with Crippen LogP contribution < -0.4 is 4.90 Å². The van der Waals surface area contributed by atoms with Crippen molar-refractivity contribution in [3.8, 4) is 11.8 Å². The highest BCUT2D eigenvalue weighted by atomic mass is 16.6. The molecule has 1 heterocycles. The topological polar surface area (TPSA) is 101 Å². The first-order valence-corrected chi connectivity index (χ1v) is 7.87. The number of benzene rings is 2. The van der Waals surface area contributed by atoms with Gasteiger partial charge >= 0.3 is 0 Å². The molecular formula is C18H16N6O2. The fourth-order valence-corrected chi connectivity index (χ4v) is 2.71. The zero-order valence-corrected chi connectivity index (χ0v) is 14.3. The Morgan fingerprint density at radius 2 is 2.00 bits per heavy atom. The number of hydrogen-bond acceptors (Lipinski definition) is 6. The lowest BCUT2D eigenvalue weighted by Gasteiger charge is -2.28. The third kappa shape index (κ3) is 3.23.